The first kappa shape index (κ1) is 11.5. The molecule has 0 N–H and O–H groups in total. The minimum absolute atomic E-state index is 0.903. The Kier molecular flexibility index (Phi) is 3.28. The Morgan fingerprint density at radius 2 is 1.16 bits per heavy atom. The molecule has 0 saturated heterocycles. The highest BCUT2D eigenvalue weighted by atomic mass is 16.5. The maximum absolute atomic E-state index is 5.64. The molecule has 1 heteroatoms. The average molecular weight is 246 g/mol. The minimum atomic E-state index is 0.903. The molecule has 0 unspecified atom stereocenters. The summed E-state index contributed by atoms with van der Waals surface area (Å²) in [6, 6.07) is 28.1. The second-order valence-corrected chi connectivity index (χ2v) is 4.28. The fourth-order valence-electron chi connectivity index (χ4n) is 1.84. The van der Waals surface area contributed by atoms with Crippen LogP contribution in [-0.2, 0) is 0 Å². The molecule has 1 nitrogen and oxygen atoms in total. The van der Waals surface area contributed by atoms with Gasteiger partial charge in [-0.15, -0.1) is 0 Å². The summed E-state index contributed by atoms with van der Waals surface area (Å²) in [5, 5.41) is 0. The second-order valence-electron chi connectivity index (χ2n) is 4.28. The van der Waals surface area contributed by atoms with Gasteiger partial charge >= 0.3 is 0 Å². The Hall–Kier alpha value is -2.54. The molecule has 0 radical (unpaired) electrons. The monoisotopic (exact) mass is 246 g/mol. The third kappa shape index (κ3) is 2.66. The summed E-state index contributed by atoms with van der Waals surface area (Å²) < 4.78 is 5.64. The van der Waals surface area contributed by atoms with E-state index in [0.29, 0.717) is 0 Å². The Labute approximate surface area is 113 Å². The van der Waals surface area contributed by atoms with Crippen LogP contribution >= 0.6 is 0 Å². The molecule has 0 atom stereocenters. The summed E-state index contributed by atoms with van der Waals surface area (Å²) in [5.74, 6) is 1.89. The predicted octanol–water partition coefficient (Wildman–Crippen LogP) is 5.15. The zero-order valence-electron chi connectivity index (χ0n) is 10.5. The van der Waals surface area contributed by atoms with E-state index < -0.39 is 0 Å². The number of rotatable bonds is 2. The van der Waals surface area contributed by atoms with E-state index in [2.05, 4.69) is 18.2 Å². The Morgan fingerprint density at radius 1 is 0.579 bits per heavy atom. The first-order valence-corrected chi connectivity index (χ1v) is 6.31. The maximum atomic E-state index is 5.64. The van der Waals surface area contributed by atoms with Crippen LogP contribution in [0.1, 0.15) is 0 Å². The van der Waals surface area contributed by atoms with E-state index in [4.69, 9.17) is 4.74 Å². The van der Waals surface area contributed by atoms with Crippen LogP contribution in [0.15, 0.2) is 84.9 Å². The van der Waals surface area contributed by atoms with Gasteiger partial charge in [0, 0.05) is 5.56 Å². The quantitative estimate of drug-likeness (QED) is 0.475. The summed E-state index contributed by atoms with van der Waals surface area (Å²) in [4.78, 5) is 0. The van der Waals surface area contributed by atoms with E-state index in [1.165, 1.54) is 11.1 Å². The van der Waals surface area contributed by atoms with E-state index in [0.717, 1.165) is 11.5 Å². The first-order valence-electron chi connectivity index (χ1n) is 6.31. The lowest BCUT2D eigenvalue weighted by Crippen LogP contribution is -1.96. The fraction of sp³-hybridized carbons (Fsp3) is 0. The molecule has 2 aromatic rings. The molecule has 2 aliphatic rings. The molecule has 0 fully saturated rings. The molecule has 4 rings (SSSR count). The zero-order chi connectivity index (χ0) is 12.9. The summed E-state index contributed by atoms with van der Waals surface area (Å²) in [6.07, 6.45) is 0. The Bertz CT molecular complexity index is 612. The van der Waals surface area contributed by atoms with Crippen molar-refractivity contribution in [2.75, 3.05) is 0 Å². The molecule has 0 spiro atoms. The van der Waals surface area contributed by atoms with Gasteiger partial charge in [0.25, 0.3) is 0 Å². The summed E-state index contributed by atoms with van der Waals surface area (Å²) in [5.41, 5.74) is 2.56. The highest BCUT2D eigenvalue weighted by molar-refractivity contribution is 5.84. The van der Waals surface area contributed by atoms with Crippen LogP contribution < -0.4 is 4.74 Å². The van der Waals surface area contributed by atoms with Gasteiger partial charge in [-0.05, 0) is 23.8 Å². The molecule has 0 amide bonds. The van der Waals surface area contributed by atoms with Gasteiger partial charge in [-0.25, -0.2) is 0 Å². The van der Waals surface area contributed by atoms with Crippen molar-refractivity contribution in [2.24, 2.45) is 0 Å². The topological polar surface area (TPSA) is 9.23 Å². The maximum Gasteiger partial charge on any atom is 0.135 e. The lowest BCUT2D eigenvalue weighted by atomic mass is 9.92. The smallest absolute Gasteiger partial charge is 0.135 e. The van der Waals surface area contributed by atoms with Gasteiger partial charge in [0.1, 0.15) is 11.5 Å². The molecule has 19 heavy (non-hydrogen) atoms. The number of hydrogen-bond donors (Lipinski definition) is 0. The third-order valence-electron chi connectivity index (χ3n) is 2.93. The van der Waals surface area contributed by atoms with E-state index in [1.807, 2.05) is 66.7 Å². The van der Waals surface area contributed by atoms with Gasteiger partial charge in [-0.2, -0.15) is 0 Å². The van der Waals surface area contributed by atoms with Gasteiger partial charge in [0.05, 0.1) is 0 Å². The Morgan fingerprint density at radius 3 is 1.58 bits per heavy atom. The Balaban J connectivity index is 0.000000155. The van der Waals surface area contributed by atoms with Crippen LogP contribution in [-0.4, -0.2) is 0 Å². The van der Waals surface area contributed by atoms with Crippen molar-refractivity contribution < 1.29 is 4.74 Å². The van der Waals surface area contributed by atoms with Crippen LogP contribution in [0.3, 0.4) is 0 Å². The van der Waals surface area contributed by atoms with Crippen LogP contribution in [0.4, 0.5) is 0 Å². The van der Waals surface area contributed by atoms with Gasteiger partial charge in [-0.1, -0.05) is 66.7 Å². The van der Waals surface area contributed by atoms with Gasteiger partial charge < -0.3 is 4.74 Å². The van der Waals surface area contributed by atoms with Gasteiger partial charge in [0.2, 0.25) is 0 Å². The third-order valence-corrected chi connectivity index (χ3v) is 2.93. The molecule has 2 aliphatic carbocycles. The second kappa shape index (κ2) is 5.40. The number of fused-ring (bicyclic) bond motifs is 1. The van der Waals surface area contributed by atoms with E-state index in [-0.39, 0.29) is 0 Å². The van der Waals surface area contributed by atoms with Crippen molar-refractivity contribution in [2.45, 2.75) is 0 Å². The minimum Gasteiger partial charge on any atom is -0.457 e. The van der Waals surface area contributed by atoms with E-state index in [1.54, 1.807) is 0 Å². The average Bonchev–Trinajstić information content (AvgIpc) is 2.47. The molecule has 0 heterocycles. The summed E-state index contributed by atoms with van der Waals surface area (Å²) >= 11 is 0. The highest BCUT2D eigenvalue weighted by Gasteiger charge is 2.17. The van der Waals surface area contributed by atoms with Crippen molar-refractivity contribution in [3.8, 4) is 22.6 Å². The van der Waals surface area contributed by atoms with Crippen molar-refractivity contribution in [3.05, 3.63) is 84.9 Å². The van der Waals surface area contributed by atoms with Crippen molar-refractivity contribution in [3.63, 3.8) is 0 Å². The lowest BCUT2D eigenvalue weighted by molar-refractivity contribution is 0.480. The van der Waals surface area contributed by atoms with Crippen molar-refractivity contribution in [1.82, 2.24) is 0 Å². The number of hydrogen-bond acceptors (Lipinski definition) is 1. The van der Waals surface area contributed by atoms with E-state index >= 15 is 0 Å². The lowest BCUT2D eigenvalue weighted by Gasteiger charge is -2.20. The highest BCUT2D eigenvalue weighted by Crippen LogP contribution is 2.44. The summed E-state index contributed by atoms with van der Waals surface area (Å²) in [6.45, 7) is 0. The molecule has 2 aromatic carbocycles. The standard InChI is InChI=1S/C12H8O.C6H6/c1-2-4-10(5-3-1)13-12-8-9-6-7-11(9)12;1-2-4-6-5-3-1/h1-8H;1-6H. The molecule has 0 bridgehead atoms. The first-order chi connectivity index (χ1) is 9.43. The largest absolute Gasteiger partial charge is 0.457 e. The molecule has 0 aromatic heterocycles. The SMILES string of the molecule is c1ccc(Oc2cc3ccc2-3)cc1.c1ccccc1. The zero-order valence-corrected chi connectivity index (χ0v) is 10.5. The predicted molar refractivity (Wildman–Crippen MR) is 78.4 cm³/mol. The van der Waals surface area contributed by atoms with Gasteiger partial charge in [0.15, 0.2) is 0 Å². The molecule has 0 saturated carbocycles. The van der Waals surface area contributed by atoms with E-state index in [9.17, 15) is 0 Å². The number of ether oxygens (including phenoxy) is 1. The van der Waals surface area contributed by atoms with Gasteiger partial charge in [-0.3, -0.25) is 0 Å². The van der Waals surface area contributed by atoms with Crippen LogP contribution in [0.5, 0.6) is 11.5 Å². The normalized spacial score (nSPS) is 10.1. The fourth-order valence-corrected chi connectivity index (χ4v) is 1.84. The molecule has 0 aliphatic heterocycles. The van der Waals surface area contributed by atoms with Crippen molar-refractivity contribution in [1.29, 1.82) is 0 Å². The number of benzene rings is 3. The van der Waals surface area contributed by atoms with Crippen LogP contribution in [0.2, 0.25) is 0 Å². The van der Waals surface area contributed by atoms with Crippen LogP contribution in [0.25, 0.3) is 11.1 Å². The molecular weight excluding hydrogens is 232 g/mol. The summed E-state index contributed by atoms with van der Waals surface area (Å²) in [7, 11) is 0. The molecule has 92 valence electrons. The van der Waals surface area contributed by atoms with Crippen LogP contribution in [0, 0.1) is 0 Å². The number of para-hydroxylation sites is 1. The molecular formula is C18H14O. The van der Waals surface area contributed by atoms with Crippen molar-refractivity contribution >= 4 is 0 Å².